The molecule has 3 rings (SSSR count). The average Bonchev–Trinajstić information content (AvgIpc) is 2.65. The molecule has 30 heavy (non-hydrogen) atoms. The maximum atomic E-state index is 13.0. The Morgan fingerprint density at radius 2 is 1.80 bits per heavy atom. The molecule has 0 radical (unpaired) electrons. The minimum absolute atomic E-state index is 0.0969. The third-order valence-electron chi connectivity index (χ3n) is 5.15. The number of carbonyl (C=O) groups is 2. The normalized spacial score (nSPS) is 17.1. The summed E-state index contributed by atoms with van der Waals surface area (Å²) in [7, 11) is -3.74. The quantitative estimate of drug-likeness (QED) is 0.717. The number of nitrogens with one attached hydrogen (secondary N) is 2. The maximum Gasteiger partial charge on any atom is 0.237 e. The SMILES string of the molecule is Cc1cc(C)c(NC(=O)C[C@@H](C)S(=O)(=O)c2ccc3c(c2)NC(=O)[C@H](C)S3)c(C)c1. The second-order valence-electron chi connectivity index (χ2n) is 7.79. The van der Waals surface area contributed by atoms with Crippen molar-refractivity contribution in [2.45, 2.75) is 61.3 Å². The molecular weight excluding hydrogens is 420 g/mol. The van der Waals surface area contributed by atoms with Crippen molar-refractivity contribution in [2.75, 3.05) is 10.6 Å². The average molecular weight is 447 g/mol. The predicted molar refractivity (Wildman–Crippen MR) is 121 cm³/mol. The summed E-state index contributed by atoms with van der Waals surface area (Å²) in [4.78, 5) is 25.4. The minimum atomic E-state index is -3.74. The first-order valence-electron chi connectivity index (χ1n) is 9.72. The first-order valence-corrected chi connectivity index (χ1v) is 12.1. The van der Waals surface area contributed by atoms with E-state index in [4.69, 9.17) is 0 Å². The molecule has 6 nitrogen and oxygen atoms in total. The molecule has 2 atom stereocenters. The molecule has 8 heteroatoms. The van der Waals surface area contributed by atoms with E-state index >= 15 is 0 Å². The molecule has 160 valence electrons. The molecule has 2 N–H and O–H groups in total. The molecule has 0 fully saturated rings. The van der Waals surface area contributed by atoms with Gasteiger partial charge in [-0.05, 0) is 63.9 Å². The van der Waals surface area contributed by atoms with E-state index in [9.17, 15) is 18.0 Å². The zero-order chi connectivity index (χ0) is 22.2. The topological polar surface area (TPSA) is 92.3 Å². The van der Waals surface area contributed by atoms with Crippen LogP contribution in [-0.2, 0) is 19.4 Å². The summed E-state index contributed by atoms with van der Waals surface area (Å²) in [5.41, 5.74) is 4.19. The van der Waals surface area contributed by atoms with Gasteiger partial charge in [-0.3, -0.25) is 9.59 Å². The van der Waals surface area contributed by atoms with E-state index in [0.717, 1.165) is 27.3 Å². The third kappa shape index (κ3) is 4.54. The van der Waals surface area contributed by atoms with E-state index in [1.807, 2.05) is 32.9 Å². The van der Waals surface area contributed by atoms with Gasteiger partial charge in [0.25, 0.3) is 0 Å². The second-order valence-corrected chi connectivity index (χ2v) is 11.5. The number of hydrogen-bond donors (Lipinski definition) is 2. The lowest BCUT2D eigenvalue weighted by atomic mass is 10.0. The lowest BCUT2D eigenvalue weighted by Gasteiger charge is -2.22. The fourth-order valence-corrected chi connectivity index (χ4v) is 5.84. The third-order valence-corrected chi connectivity index (χ3v) is 8.47. The van der Waals surface area contributed by atoms with Gasteiger partial charge in [-0.1, -0.05) is 17.7 Å². The summed E-state index contributed by atoms with van der Waals surface area (Å²) in [6, 6.07) is 8.67. The van der Waals surface area contributed by atoms with Crippen LogP contribution in [0.1, 0.15) is 37.0 Å². The van der Waals surface area contributed by atoms with Gasteiger partial charge in [0.2, 0.25) is 11.8 Å². The van der Waals surface area contributed by atoms with Crippen LogP contribution in [0.2, 0.25) is 0 Å². The van der Waals surface area contributed by atoms with Crippen LogP contribution in [0.5, 0.6) is 0 Å². The Labute approximate surface area is 181 Å². The van der Waals surface area contributed by atoms with Crippen molar-refractivity contribution in [1.82, 2.24) is 0 Å². The van der Waals surface area contributed by atoms with E-state index in [1.165, 1.54) is 30.8 Å². The van der Waals surface area contributed by atoms with Crippen molar-refractivity contribution in [3.05, 3.63) is 47.0 Å². The molecule has 0 bridgehead atoms. The van der Waals surface area contributed by atoms with Gasteiger partial charge in [-0.15, -0.1) is 11.8 Å². The summed E-state index contributed by atoms with van der Waals surface area (Å²) < 4.78 is 26.1. The first kappa shape index (κ1) is 22.4. The fourth-order valence-electron chi connectivity index (χ4n) is 3.54. The van der Waals surface area contributed by atoms with Crippen LogP contribution in [0.3, 0.4) is 0 Å². The van der Waals surface area contributed by atoms with Crippen molar-refractivity contribution in [3.63, 3.8) is 0 Å². The number of rotatable bonds is 5. The standard InChI is InChI=1S/C22H26N2O4S2/c1-12-8-13(2)21(14(3)9-12)24-20(25)10-15(4)30(27,28)17-6-7-19-18(11-17)23-22(26)16(5)29-19/h6-9,11,15-16H,10H2,1-5H3,(H,23,26)(H,24,25)/t15-,16+/m1/s1. The molecule has 0 saturated heterocycles. The highest BCUT2D eigenvalue weighted by Crippen LogP contribution is 2.37. The van der Waals surface area contributed by atoms with Gasteiger partial charge in [0, 0.05) is 17.0 Å². The van der Waals surface area contributed by atoms with Gasteiger partial charge < -0.3 is 10.6 Å². The molecule has 0 aliphatic carbocycles. The van der Waals surface area contributed by atoms with Gasteiger partial charge in [0.15, 0.2) is 9.84 Å². The zero-order valence-corrected chi connectivity index (χ0v) is 19.3. The van der Waals surface area contributed by atoms with Gasteiger partial charge in [-0.25, -0.2) is 8.42 Å². The Bertz CT molecular complexity index is 1100. The number of aryl methyl sites for hydroxylation is 3. The summed E-state index contributed by atoms with van der Waals surface area (Å²) in [5.74, 6) is -0.505. The van der Waals surface area contributed by atoms with Crippen molar-refractivity contribution >= 4 is 44.8 Å². The largest absolute Gasteiger partial charge is 0.326 e. The van der Waals surface area contributed by atoms with E-state index in [-0.39, 0.29) is 28.4 Å². The minimum Gasteiger partial charge on any atom is -0.326 e. The van der Waals surface area contributed by atoms with E-state index in [2.05, 4.69) is 10.6 Å². The number of amides is 2. The Balaban J connectivity index is 1.76. The van der Waals surface area contributed by atoms with Gasteiger partial charge in [-0.2, -0.15) is 0 Å². The van der Waals surface area contributed by atoms with Gasteiger partial charge in [0.1, 0.15) is 0 Å². The number of hydrogen-bond acceptors (Lipinski definition) is 5. The van der Waals surface area contributed by atoms with Crippen LogP contribution < -0.4 is 10.6 Å². The predicted octanol–water partition coefficient (Wildman–Crippen LogP) is 4.24. The monoisotopic (exact) mass is 446 g/mol. The molecule has 0 spiro atoms. The maximum absolute atomic E-state index is 13.0. The summed E-state index contributed by atoms with van der Waals surface area (Å²) in [6.07, 6.45) is -0.162. The van der Waals surface area contributed by atoms with Crippen LogP contribution in [0.15, 0.2) is 40.1 Å². The van der Waals surface area contributed by atoms with Gasteiger partial charge in [0.05, 0.1) is 21.1 Å². The Kier molecular flexibility index (Phi) is 6.29. The number of thioether (sulfide) groups is 1. The number of sulfone groups is 1. The lowest BCUT2D eigenvalue weighted by molar-refractivity contribution is -0.116. The number of carbonyl (C=O) groups excluding carboxylic acids is 2. The van der Waals surface area contributed by atoms with Crippen LogP contribution in [0.4, 0.5) is 11.4 Å². The molecule has 1 aliphatic rings. The molecule has 0 aromatic heterocycles. The Morgan fingerprint density at radius 1 is 1.17 bits per heavy atom. The zero-order valence-electron chi connectivity index (χ0n) is 17.7. The van der Waals surface area contributed by atoms with E-state index in [0.29, 0.717) is 5.69 Å². The van der Waals surface area contributed by atoms with Crippen LogP contribution in [0, 0.1) is 20.8 Å². The highest BCUT2D eigenvalue weighted by atomic mass is 32.2. The molecule has 0 unspecified atom stereocenters. The summed E-state index contributed by atoms with van der Waals surface area (Å²) in [5, 5.41) is 4.47. The molecule has 0 saturated carbocycles. The highest BCUT2D eigenvalue weighted by Gasteiger charge is 2.29. The summed E-state index contributed by atoms with van der Waals surface area (Å²) >= 11 is 1.39. The van der Waals surface area contributed by atoms with Crippen LogP contribution in [-0.4, -0.2) is 30.7 Å². The Morgan fingerprint density at radius 3 is 2.43 bits per heavy atom. The van der Waals surface area contributed by atoms with Crippen molar-refractivity contribution in [2.24, 2.45) is 0 Å². The Hall–Kier alpha value is -2.32. The van der Waals surface area contributed by atoms with E-state index in [1.54, 1.807) is 13.0 Å². The first-order chi connectivity index (χ1) is 14.0. The van der Waals surface area contributed by atoms with E-state index < -0.39 is 15.1 Å². The molecule has 2 amide bonds. The van der Waals surface area contributed by atoms with Crippen LogP contribution in [0.25, 0.3) is 0 Å². The lowest BCUT2D eigenvalue weighted by Crippen LogP contribution is -2.28. The smallest absolute Gasteiger partial charge is 0.237 e. The second kappa shape index (κ2) is 8.43. The summed E-state index contributed by atoms with van der Waals surface area (Å²) in [6.45, 7) is 9.14. The van der Waals surface area contributed by atoms with Crippen molar-refractivity contribution in [3.8, 4) is 0 Å². The van der Waals surface area contributed by atoms with Crippen LogP contribution >= 0.6 is 11.8 Å². The molecule has 1 aliphatic heterocycles. The molecular formula is C22H26N2O4S2. The van der Waals surface area contributed by atoms with Gasteiger partial charge >= 0.3 is 0 Å². The number of benzene rings is 2. The highest BCUT2D eigenvalue weighted by molar-refractivity contribution is 8.01. The fraction of sp³-hybridized carbons (Fsp3) is 0.364. The molecule has 2 aromatic rings. The number of fused-ring (bicyclic) bond motifs is 1. The molecule has 2 aromatic carbocycles. The van der Waals surface area contributed by atoms with Crippen molar-refractivity contribution in [1.29, 1.82) is 0 Å². The number of anilines is 2. The molecule has 1 heterocycles. The van der Waals surface area contributed by atoms with Crippen molar-refractivity contribution < 1.29 is 18.0 Å².